The van der Waals surface area contributed by atoms with Crippen LogP contribution in [0.15, 0.2) is 78.9 Å². The predicted octanol–water partition coefficient (Wildman–Crippen LogP) is 5.44. The van der Waals surface area contributed by atoms with Crippen LogP contribution < -0.4 is 5.32 Å². The van der Waals surface area contributed by atoms with Crippen LogP contribution in [0.1, 0.15) is 20.0 Å². The van der Waals surface area contributed by atoms with E-state index in [9.17, 15) is 24.9 Å². The normalized spacial score (nSPS) is 10.6. The van der Waals surface area contributed by atoms with Crippen LogP contribution in [-0.4, -0.2) is 27.2 Å². The lowest BCUT2D eigenvalue weighted by Gasteiger charge is -2.11. The molecule has 0 aliphatic rings. The molecule has 0 saturated heterocycles. The molecule has 1 amide bonds. The second kappa shape index (κ2) is 8.33. The summed E-state index contributed by atoms with van der Waals surface area (Å²) in [4.78, 5) is 25.1. The first-order valence-corrected chi connectivity index (χ1v) is 10.1. The summed E-state index contributed by atoms with van der Waals surface area (Å²) in [6, 6.07) is 21.5. The summed E-state index contributed by atoms with van der Waals surface area (Å²) in [5.74, 6) is -1.48. The van der Waals surface area contributed by atoms with E-state index in [4.69, 9.17) is 0 Å². The summed E-state index contributed by atoms with van der Waals surface area (Å²) in [7, 11) is 0. The molecule has 1 heterocycles. The highest BCUT2D eigenvalue weighted by Crippen LogP contribution is 2.35. The Morgan fingerprint density at radius 3 is 2.35 bits per heavy atom. The zero-order valence-electron chi connectivity index (χ0n) is 16.1. The van der Waals surface area contributed by atoms with Crippen LogP contribution >= 0.6 is 11.3 Å². The van der Waals surface area contributed by atoms with Gasteiger partial charge in [0.15, 0.2) is 0 Å². The summed E-state index contributed by atoms with van der Waals surface area (Å²) < 4.78 is 0. The van der Waals surface area contributed by atoms with Crippen molar-refractivity contribution in [1.82, 2.24) is 0 Å². The van der Waals surface area contributed by atoms with Gasteiger partial charge in [-0.2, -0.15) is 0 Å². The smallest absolute Gasteiger partial charge is 0.345 e. The number of nitrogens with one attached hydrogen (secondary N) is 1. The Balaban J connectivity index is 1.63. The molecule has 4 aromatic rings. The molecule has 0 aliphatic heterocycles. The number of phenols is 2. The van der Waals surface area contributed by atoms with E-state index in [1.807, 2.05) is 12.1 Å². The summed E-state index contributed by atoms with van der Waals surface area (Å²) in [5.41, 5.74) is 2.79. The number of carboxylic acids is 1. The van der Waals surface area contributed by atoms with Crippen LogP contribution in [0.4, 0.5) is 5.69 Å². The predicted molar refractivity (Wildman–Crippen MR) is 120 cm³/mol. The van der Waals surface area contributed by atoms with Gasteiger partial charge < -0.3 is 20.6 Å². The summed E-state index contributed by atoms with van der Waals surface area (Å²) in [6.07, 6.45) is 0. The average Bonchev–Trinajstić information content (AvgIpc) is 3.25. The maximum absolute atomic E-state index is 12.9. The standard InChI is InChI=1S/C24H17NO5S/c26-16-8-9-17(20(27)13-16)14-4-3-5-15(12-14)23(28)25-19-7-2-1-6-18(19)21-10-11-22(31-21)24(29)30/h1-13,26-27H,(H,25,28)(H,29,30). The Morgan fingerprint density at radius 2 is 1.61 bits per heavy atom. The number of phenolic OH excluding ortho intramolecular Hbond substituents is 2. The lowest BCUT2D eigenvalue weighted by molar-refractivity contribution is 0.0702. The second-order valence-electron chi connectivity index (χ2n) is 6.75. The minimum Gasteiger partial charge on any atom is -0.508 e. The average molecular weight is 431 g/mol. The number of para-hydroxylation sites is 1. The summed E-state index contributed by atoms with van der Waals surface area (Å²) in [6.45, 7) is 0. The van der Waals surface area contributed by atoms with Crippen molar-refractivity contribution < 1.29 is 24.9 Å². The molecule has 6 nitrogen and oxygen atoms in total. The highest BCUT2D eigenvalue weighted by atomic mass is 32.1. The highest BCUT2D eigenvalue weighted by molar-refractivity contribution is 7.17. The lowest BCUT2D eigenvalue weighted by atomic mass is 10.0. The highest BCUT2D eigenvalue weighted by Gasteiger charge is 2.15. The molecule has 7 heteroatoms. The van der Waals surface area contributed by atoms with Gasteiger partial charge in [0.2, 0.25) is 0 Å². The first kappa shape index (κ1) is 20.2. The number of aromatic hydroxyl groups is 2. The number of aromatic carboxylic acids is 1. The Morgan fingerprint density at radius 1 is 0.806 bits per heavy atom. The third kappa shape index (κ3) is 4.26. The Labute approximate surface area is 181 Å². The van der Waals surface area contributed by atoms with Gasteiger partial charge in [-0.3, -0.25) is 4.79 Å². The molecule has 0 unspecified atom stereocenters. The molecule has 0 radical (unpaired) electrons. The number of hydrogen-bond donors (Lipinski definition) is 4. The molecular weight excluding hydrogens is 414 g/mol. The van der Waals surface area contributed by atoms with Gasteiger partial charge >= 0.3 is 5.97 Å². The number of carboxylic acid groups (broad SMARTS) is 1. The van der Waals surface area contributed by atoms with Gasteiger partial charge in [-0.15, -0.1) is 11.3 Å². The molecule has 0 atom stereocenters. The first-order chi connectivity index (χ1) is 14.9. The number of thiophene rings is 1. The zero-order chi connectivity index (χ0) is 22.0. The maximum Gasteiger partial charge on any atom is 0.345 e. The molecular formula is C24H17NO5S. The van der Waals surface area contributed by atoms with Gasteiger partial charge in [0.25, 0.3) is 5.91 Å². The molecule has 4 N–H and O–H groups in total. The van der Waals surface area contributed by atoms with E-state index >= 15 is 0 Å². The second-order valence-corrected chi connectivity index (χ2v) is 7.83. The van der Waals surface area contributed by atoms with Gasteiger partial charge in [-0.1, -0.05) is 30.3 Å². The number of amides is 1. The first-order valence-electron chi connectivity index (χ1n) is 9.28. The van der Waals surface area contributed by atoms with Gasteiger partial charge in [0.05, 0.1) is 0 Å². The van der Waals surface area contributed by atoms with Crippen LogP contribution in [0.25, 0.3) is 21.6 Å². The number of carbonyl (C=O) groups excluding carboxylic acids is 1. The maximum atomic E-state index is 12.9. The molecule has 154 valence electrons. The largest absolute Gasteiger partial charge is 0.508 e. The fourth-order valence-electron chi connectivity index (χ4n) is 3.19. The number of carbonyl (C=O) groups is 2. The fourth-order valence-corrected chi connectivity index (χ4v) is 4.08. The third-order valence-electron chi connectivity index (χ3n) is 4.67. The topological polar surface area (TPSA) is 107 Å². The van der Waals surface area contributed by atoms with Crippen LogP contribution in [0, 0.1) is 0 Å². The van der Waals surface area contributed by atoms with Gasteiger partial charge in [0, 0.05) is 33.3 Å². The Bertz CT molecular complexity index is 1290. The van der Waals surface area contributed by atoms with Crippen molar-refractivity contribution in [3.63, 3.8) is 0 Å². The van der Waals surface area contributed by atoms with Crippen LogP contribution in [0.3, 0.4) is 0 Å². The molecule has 0 spiro atoms. The quantitative estimate of drug-likeness (QED) is 0.336. The van der Waals surface area contributed by atoms with Gasteiger partial charge in [-0.05, 0) is 48.0 Å². The van der Waals surface area contributed by atoms with Crippen molar-refractivity contribution in [2.24, 2.45) is 0 Å². The number of hydrogen-bond acceptors (Lipinski definition) is 5. The van der Waals surface area contributed by atoms with E-state index in [2.05, 4.69) is 5.32 Å². The van der Waals surface area contributed by atoms with E-state index in [0.717, 1.165) is 21.8 Å². The number of anilines is 1. The minimum atomic E-state index is -0.993. The Hall–Kier alpha value is -4.10. The van der Waals surface area contributed by atoms with Crippen LogP contribution in [0.5, 0.6) is 11.5 Å². The molecule has 3 aromatic carbocycles. The van der Waals surface area contributed by atoms with Crippen molar-refractivity contribution >= 4 is 28.9 Å². The molecule has 1 aromatic heterocycles. The SMILES string of the molecule is O=C(Nc1ccccc1-c1ccc(C(=O)O)s1)c1cccc(-c2ccc(O)cc2O)c1. The number of rotatable bonds is 5. The molecule has 0 aliphatic carbocycles. The summed E-state index contributed by atoms with van der Waals surface area (Å²) >= 11 is 1.13. The van der Waals surface area contributed by atoms with Crippen LogP contribution in [0.2, 0.25) is 0 Å². The fraction of sp³-hybridized carbons (Fsp3) is 0. The monoisotopic (exact) mass is 431 g/mol. The molecule has 0 bridgehead atoms. The van der Waals surface area contributed by atoms with E-state index < -0.39 is 5.97 Å². The van der Waals surface area contributed by atoms with Crippen molar-refractivity contribution in [3.05, 3.63) is 89.3 Å². The van der Waals surface area contributed by atoms with Crippen LogP contribution in [-0.2, 0) is 0 Å². The molecule has 4 rings (SSSR count). The van der Waals surface area contributed by atoms with Crippen molar-refractivity contribution in [2.45, 2.75) is 0 Å². The van der Waals surface area contributed by atoms with Crippen molar-refractivity contribution in [2.75, 3.05) is 5.32 Å². The molecule has 0 fully saturated rings. The third-order valence-corrected chi connectivity index (χ3v) is 5.78. The van der Waals surface area contributed by atoms with E-state index in [1.54, 1.807) is 48.5 Å². The zero-order valence-corrected chi connectivity index (χ0v) is 16.9. The number of benzene rings is 3. The lowest BCUT2D eigenvalue weighted by Crippen LogP contribution is -2.12. The van der Waals surface area contributed by atoms with Crippen molar-refractivity contribution in [1.29, 1.82) is 0 Å². The summed E-state index contributed by atoms with van der Waals surface area (Å²) in [5, 5.41) is 31.7. The van der Waals surface area contributed by atoms with Crippen molar-refractivity contribution in [3.8, 4) is 33.1 Å². The van der Waals surface area contributed by atoms with Gasteiger partial charge in [0.1, 0.15) is 16.4 Å². The van der Waals surface area contributed by atoms with E-state index in [0.29, 0.717) is 22.4 Å². The van der Waals surface area contributed by atoms with E-state index in [1.165, 1.54) is 18.2 Å². The molecule has 0 saturated carbocycles. The van der Waals surface area contributed by atoms with Gasteiger partial charge in [-0.25, -0.2) is 4.79 Å². The Kier molecular flexibility index (Phi) is 5.43. The molecule has 31 heavy (non-hydrogen) atoms. The van der Waals surface area contributed by atoms with E-state index in [-0.39, 0.29) is 22.3 Å². The minimum absolute atomic E-state index is 0.0496.